The molecule has 1 heterocycles. The lowest BCUT2D eigenvalue weighted by atomic mass is 10.2. The molecule has 16 heavy (non-hydrogen) atoms. The minimum Gasteiger partial charge on any atom is -0.472 e. The van der Waals surface area contributed by atoms with Crippen LogP contribution in [0.15, 0.2) is 40.9 Å². The minimum absolute atomic E-state index is 0.356. The Kier molecular flexibility index (Phi) is 3.74. The Morgan fingerprint density at radius 3 is 2.75 bits per heavy atom. The summed E-state index contributed by atoms with van der Waals surface area (Å²) in [6.07, 6.45) is 0. The minimum atomic E-state index is 0.356. The maximum atomic E-state index is 5.61. The number of hydrogen-bond acceptors (Lipinski definition) is 3. The van der Waals surface area contributed by atoms with E-state index in [4.69, 9.17) is 16.3 Å². The van der Waals surface area contributed by atoms with Gasteiger partial charge in [0.2, 0.25) is 5.88 Å². The summed E-state index contributed by atoms with van der Waals surface area (Å²) in [6, 6.07) is 11.2. The summed E-state index contributed by atoms with van der Waals surface area (Å²) in [5.41, 5.74) is 1.06. The maximum absolute atomic E-state index is 5.61. The van der Waals surface area contributed by atoms with E-state index in [0.717, 1.165) is 10.0 Å². The van der Waals surface area contributed by atoms with Gasteiger partial charge in [0.15, 0.2) is 5.15 Å². The number of nitrogens with zero attached hydrogens (tertiary/aromatic N) is 2. The third-order valence-electron chi connectivity index (χ3n) is 1.88. The van der Waals surface area contributed by atoms with Gasteiger partial charge in [0.1, 0.15) is 6.61 Å². The molecule has 0 N–H and O–H groups in total. The molecular weight excluding hydrogens is 291 g/mol. The normalized spacial score (nSPS) is 10.1. The van der Waals surface area contributed by atoms with Crippen LogP contribution in [0.25, 0.3) is 0 Å². The summed E-state index contributed by atoms with van der Waals surface area (Å²) >= 11 is 9.01. The summed E-state index contributed by atoms with van der Waals surface area (Å²) in [7, 11) is 0. The molecule has 0 amide bonds. The molecular formula is C11H8BrClN2O. The van der Waals surface area contributed by atoms with Crippen molar-refractivity contribution in [1.29, 1.82) is 0 Å². The molecule has 0 fully saturated rings. The Morgan fingerprint density at radius 1 is 1.19 bits per heavy atom. The van der Waals surface area contributed by atoms with Gasteiger partial charge in [-0.2, -0.15) is 0 Å². The van der Waals surface area contributed by atoms with Gasteiger partial charge in [0, 0.05) is 10.5 Å². The van der Waals surface area contributed by atoms with Crippen molar-refractivity contribution >= 4 is 27.5 Å². The highest BCUT2D eigenvalue weighted by atomic mass is 79.9. The Hall–Kier alpha value is -1.13. The molecule has 1 aromatic carbocycles. The Balaban J connectivity index is 1.99. The number of benzene rings is 1. The predicted octanol–water partition coefficient (Wildman–Crippen LogP) is 3.47. The van der Waals surface area contributed by atoms with Crippen molar-refractivity contribution < 1.29 is 4.74 Å². The van der Waals surface area contributed by atoms with Crippen molar-refractivity contribution in [2.24, 2.45) is 0 Å². The number of hydrogen-bond donors (Lipinski definition) is 0. The zero-order valence-electron chi connectivity index (χ0n) is 8.23. The predicted molar refractivity (Wildman–Crippen MR) is 65.5 cm³/mol. The molecule has 0 unspecified atom stereocenters. The molecule has 0 atom stereocenters. The van der Waals surface area contributed by atoms with Crippen molar-refractivity contribution in [2.75, 3.05) is 0 Å². The van der Waals surface area contributed by atoms with Crippen LogP contribution >= 0.6 is 27.5 Å². The van der Waals surface area contributed by atoms with E-state index >= 15 is 0 Å². The van der Waals surface area contributed by atoms with E-state index < -0.39 is 0 Å². The van der Waals surface area contributed by atoms with Crippen LogP contribution in [0.4, 0.5) is 0 Å². The SMILES string of the molecule is Clc1ccc(OCc2cccc(Br)c2)nn1. The van der Waals surface area contributed by atoms with Crippen LogP contribution in [-0.2, 0) is 6.61 Å². The standard InChI is InChI=1S/C11H8BrClN2O/c12-9-3-1-2-8(6-9)7-16-11-5-4-10(13)14-15-11/h1-6H,7H2. The van der Waals surface area contributed by atoms with Gasteiger partial charge in [0.05, 0.1) is 0 Å². The lowest BCUT2D eigenvalue weighted by molar-refractivity contribution is 0.290. The largest absolute Gasteiger partial charge is 0.472 e. The average molecular weight is 300 g/mol. The second-order valence-corrected chi connectivity index (χ2v) is 4.42. The number of halogens is 2. The van der Waals surface area contributed by atoms with E-state index in [9.17, 15) is 0 Å². The van der Waals surface area contributed by atoms with E-state index in [1.54, 1.807) is 12.1 Å². The van der Waals surface area contributed by atoms with Gasteiger partial charge in [-0.15, -0.1) is 10.2 Å². The lowest BCUT2D eigenvalue weighted by Crippen LogP contribution is -1.98. The van der Waals surface area contributed by atoms with Crippen LogP contribution in [0.1, 0.15) is 5.56 Å². The van der Waals surface area contributed by atoms with Crippen molar-refractivity contribution in [3.05, 3.63) is 51.6 Å². The van der Waals surface area contributed by atoms with Gasteiger partial charge in [-0.05, 0) is 23.8 Å². The molecule has 0 radical (unpaired) electrons. The smallest absolute Gasteiger partial charge is 0.233 e. The topological polar surface area (TPSA) is 35.0 Å². The van der Waals surface area contributed by atoms with E-state index in [1.165, 1.54) is 0 Å². The maximum Gasteiger partial charge on any atom is 0.233 e. The van der Waals surface area contributed by atoms with E-state index in [0.29, 0.717) is 17.6 Å². The molecule has 5 heteroatoms. The van der Waals surface area contributed by atoms with Crippen molar-refractivity contribution in [1.82, 2.24) is 10.2 Å². The summed E-state index contributed by atoms with van der Waals surface area (Å²) in [5.74, 6) is 0.462. The first-order valence-electron chi connectivity index (χ1n) is 4.60. The number of ether oxygens (including phenoxy) is 1. The van der Waals surface area contributed by atoms with Crippen LogP contribution in [0.5, 0.6) is 5.88 Å². The molecule has 0 aliphatic rings. The Bertz CT molecular complexity index is 476. The summed E-state index contributed by atoms with van der Waals surface area (Å²) in [4.78, 5) is 0. The van der Waals surface area contributed by atoms with Crippen LogP contribution in [-0.4, -0.2) is 10.2 Å². The van der Waals surface area contributed by atoms with Gasteiger partial charge >= 0.3 is 0 Å². The number of rotatable bonds is 3. The summed E-state index contributed by atoms with van der Waals surface area (Å²) < 4.78 is 6.47. The summed E-state index contributed by atoms with van der Waals surface area (Å²) in [6.45, 7) is 0.454. The fourth-order valence-corrected chi connectivity index (χ4v) is 1.71. The highest BCUT2D eigenvalue weighted by Crippen LogP contribution is 2.14. The first-order chi connectivity index (χ1) is 7.74. The van der Waals surface area contributed by atoms with Gasteiger partial charge < -0.3 is 4.74 Å². The van der Waals surface area contributed by atoms with Gasteiger partial charge in [-0.3, -0.25) is 0 Å². The second-order valence-electron chi connectivity index (χ2n) is 3.11. The molecule has 0 saturated heterocycles. The lowest BCUT2D eigenvalue weighted by Gasteiger charge is -2.04. The van der Waals surface area contributed by atoms with Gasteiger partial charge in [-0.25, -0.2) is 0 Å². The molecule has 3 nitrogen and oxygen atoms in total. The fourth-order valence-electron chi connectivity index (χ4n) is 1.16. The van der Waals surface area contributed by atoms with Gasteiger partial charge in [-0.1, -0.05) is 39.7 Å². The van der Waals surface area contributed by atoms with E-state index in [-0.39, 0.29) is 0 Å². The van der Waals surface area contributed by atoms with Crippen LogP contribution in [0.2, 0.25) is 5.15 Å². The van der Waals surface area contributed by atoms with Crippen molar-refractivity contribution in [3.63, 3.8) is 0 Å². The average Bonchev–Trinajstić information content (AvgIpc) is 2.28. The second kappa shape index (κ2) is 5.27. The summed E-state index contributed by atoms with van der Waals surface area (Å²) in [5, 5.41) is 7.85. The Morgan fingerprint density at radius 2 is 2.06 bits per heavy atom. The number of aromatic nitrogens is 2. The third kappa shape index (κ3) is 3.18. The van der Waals surface area contributed by atoms with Crippen LogP contribution in [0, 0.1) is 0 Å². The first kappa shape index (κ1) is 11.4. The molecule has 0 aliphatic heterocycles. The molecule has 82 valence electrons. The van der Waals surface area contributed by atoms with E-state index in [1.807, 2.05) is 24.3 Å². The van der Waals surface area contributed by atoms with E-state index in [2.05, 4.69) is 26.1 Å². The molecule has 2 rings (SSSR count). The molecule has 0 saturated carbocycles. The zero-order valence-corrected chi connectivity index (χ0v) is 10.6. The van der Waals surface area contributed by atoms with Crippen molar-refractivity contribution in [2.45, 2.75) is 6.61 Å². The van der Waals surface area contributed by atoms with Crippen molar-refractivity contribution in [3.8, 4) is 5.88 Å². The Labute approximate surface area is 107 Å². The molecule has 2 aromatic rings. The molecule has 0 spiro atoms. The highest BCUT2D eigenvalue weighted by Gasteiger charge is 1.98. The zero-order chi connectivity index (χ0) is 11.4. The molecule has 1 aromatic heterocycles. The molecule has 0 bridgehead atoms. The molecule has 0 aliphatic carbocycles. The third-order valence-corrected chi connectivity index (χ3v) is 2.58. The van der Waals surface area contributed by atoms with Crippen LogP contribution < -0.4 is 4.74 Å². The first-order valence-corrected chi connectivity index (χ1v) is 5.77. The van der Waals surface area contributed by atoms with Gasteiger partial charge in [0.25, 0.3) is 0 Å². The monoisotopic (exact) mass is 298 g/mol. The van der Waals surface area contributed by atoms with Crippen LogP contribution in [0.3, 0.4) is 0 Å². The fraction of sp³-hybridized carbons (Fsp3) is 0.0909. The quantitative estimate of drug-likeness (QED) is 0.870. The highest BCUT2D eigenvalue weighted by molar-refractivity contribution is 9.10.